The van der Waals surface area contributed by atoms with Gasteiger partial charge in [-0.25, -0.2) is 4.52 Å². The molecule has 21 heavy (non-hydrogen) atoms. The first kappa shape index (κ1) is 13.1. The topological polar surface area (TPSA) is 45.5 Å². The van der Waals surface area contributed by atoms with Crippen molar-refractivity contribution >= 4 is 11.6 Å². The molecule has 2 fully saturated rings. The van der Waals surface area contributed by atoms with Gasteiger partial charge in [-0.1, -0.05) is 6.42 Å². The lowest BCUT2D eigenvalue weighted by Gasteiger charge is -2.30. The largest absolute Gasteiger partial charge is 0.335 e. The Kier molecular flexibility index (Phi) is 3.30. The summed E-state index contributed by atoms with van der Waals surface area (Å²) in [4.78, 5) is 7.17. The molecule has 1 aliphatic carbocycles. The molecule has 1 saturated carbocycles. The summed E-state index contributed by atoms with van der Waals surface area (Å²) in [7, 11) is 0. The normalized spacial score (nSPS) is 22.6. The number of hydrogen-bond acceptors (Lipinski definition) is 4. The Bertz CT molecular complexity index is 625. The molecule has 0 aromatic carbocycles. The third-order valence-corrected chi connectivity index (χ3v) is 4.56. The van der Waals surface area contributed by atoms with Crippen molar-refractivity contribution in [3.8, 4) is 0 Å². The second kappa shape index (κ2) is 5.30. The highest BCUT2D eigenvalue weighted by Crippen LogP contribution is 2.30. The summed E-state index contributed by atoms with van der Waals surface area (Å²) in [5, 5.41) is 8.33. The van der Waals surface area contributed by atoms with E-state index in [2.05, 4.69) is 34.4 Å². The second-order valence-corrected chi connectivity index (χ2v) is 6.45. The molecule has 112 valence electrons. The molecule has 1 N–H and O–H groups in total. The van der Waals surface area contributed by atoms with Crippen LogP contribution in [-0.4, -0.2) is 39.8 Å². The lowest BCUT2D eigenvalue weighted by atomic mass is 10.0. The van der Waals surface area contributed by atoms with Crippen molar-refractivity contribution in [3.63, 3.8) is 0 Å². The van der Waals surface area contributed by atoms with Gasteiger partial charge in [-0.05, 0) is 56.8 Å². The average Bonchev–Trinajstić information content (AvgIpc) is 3.25. The van der Waals surface area contributed by atoms with Crippen LogP contribution in [0.2, 0.25) is 0 Å². The zero-order valence-electron chi connectivity index (χ0n) is 12.6. The van der Waals surface area contributed by atoms with Gasteiger partial charge in [0.05, 0.1) is 0 Å². The lowest BCUT2D eigenvalue weighted by Crippen LogP contribution is -2.45. The quantitative estimate of drug-likeness (QED) is 0.935. The van der Waals surface area contributed by atoms with Crippen LogP contribution in [0, 0.1) is 6.92 Å². The van der Waals surface area contributed by atoms with Crippen LogP contribution in [0.5, 0.6) is 0 Å². The molecule has 3 heterocycles. The third-order valence-electron chi connectivity index (χ3n) is 4.56. The van der Waals surface area contributed by atoms with E-state index in [0.717, 1.165) is 24.7 Å². The molecule has 2 aromatic heterocycles. The van der Waals surface area contributed by atoms with Crippen molar-refractivity contribution in [2.24, 2.45) is 0 Å². The number of nitrogens with one attached hydrogen (secondary N) is 1. The van der Waals surface area contributed by atoms with E-state index in [1.807, 2.05) is 10.7 Å². The van der Waals surface area contributed by atoms with Crippen molar-refractivity contribution in [2.75, 3.05) is 18.0 Å². The van der Waals surface area contributed by atoms with Crippen LogP contribution in [0.1, 0.15) is 37.7 Å². The minimum Gasteiger partial charge on any atom is -0.335 e. The Labute approximate surface area is 125 Å². The van der Waals surface area contributed by atoms with Gasteiger partial charge < -0.3 is 10.2 Å². The Hall–Kier alpha value is -1.62. The Morgan fingerprint density at radius 1 is 1.33 bits per heavy atom. The first-order valence-corrected chi connectivity index (χ1v) is 8.13. The number of aromatic nitrogens is 3. The maximum Gasteiger partial charge on any atom is 0.245 e. The van der Waals surface area contributed by atoms with Crippen LogP contribution in [0.25, 0.3) is 5.65 Å². The molecule has 1 saturated heterocycles. The van der Waals surface area contributed by atoms with E-state index in [1.165, 1.54) is 37.7 Å². The average molecular weight is 285 g/mol. The lowest BCUT2D eigenvalue weighted by molar-refractivity contribution is 0.397. The summed E-state index contributed by atoms with van der Waals surface area (Å²) in [6.07, 6.45) is 8.49. The number of nitrogens with zero attached hydrogens (tertiary/aromatic N) is 4. The molecule has 0 bridgehead atoms. The minimum absolute atomic E-state index is 0.590. The summed E-state index contributed by atoms with van der Waals surface area (Å²) < 4.78 is 1.89. The van der Waals surface area contributed by atoms with Crippen molar-refractivity contribution < 1.29 is 0 Å². The van der Waals surface area contributed by atoms with Crippen molar-refractivity contribution in [1.29, 1.82) is 0 Å². The third kappa shape index (κ3) is 2.75. The molecule has 0 radical (unpaired) electrons. The van der Waals surface area contributed by atoms with Crippen LogP contribution in [0.15, 0.2) is 18.3 Å². The number of piperidine rings is 1. The van der Waals surface area contributed by atoms with Crippen LogP contribution < -0.4 is 10.2 Å². The van der Waals surface area contributed by atoms with Crippen LogP contribution in [0.3, 0.4) is 0 Å². The molecule has 2 aliphatic rings. The molecule has 5 nitrogen and oxygen atoms in total. The van der Waals surface area contributed by atoms with Gasteiger partial charge in [-0.15, -0.1) is 5.10 Å². The van der Waals surface area contributed by atoms with Crippen LogP contribution >= 0.6 is 0 Å². The molecule has 0 spiro atoms. The number of pyridine rings is 1. The number of rotatable bonds is 4. The molecule has 1 unspecified atom stereocenters. The summed E-state index contributed by atoms with van der Waals surface area (Å²) in [5.41, 5.74) is 2.18. The summed E-state index contributed by atoms with van der Waals surface area (Å²) in [6.45, 7) is 4.29. The fourth-order valence-electron chi connectivity index (χ4n) is 3.19. The van der Waals surface area contributed by atoms with Crippen molar-refractivity contribution in [1.82, 2.24) is 19.9 Å². The fourth-order valence-corrected chi connectivity index (χ4v) is 3.19. The van der Waals surface area contributed by atoms with Gasteiger partial charge in [0.15, 0.2) is 5.65 Å². The summed E-state index contributed by atoms with van der Waals surface area (Å²) in [6, 6.07) is 5.41. The van der Waals surface area contributed by atoms with E-state index >= 15 is 0 Å². The van der Waals surface area contributed by atoms with Gasteiger partial charge in [0.2, 0.25) is 5.95 Å². The maximum atomic E-state index is 4.75. The number of aryl methyl sites for hydroxylation is 1. The minimum atomic E-state index is 0.590. The SMILES string of the molecule is Cc1ccn2nc(N(CC3CCCCN3)C3CC3)nc2c1. The molecular formula is C16H23N5. The zero-order chi connectivity index (χ0) is 14.2. The summed E-state index contributed by atoms with van der Waals surface area (Å²) >= 11 is 0. The number of fused-ring (bicyclic) bond motifs is 1. The standard InChI is InChI=1S/C16H23N5/c1-12-7-9-21-15(10-12)18-16(19-21)20(14-5-6-14)11-13-4-2-3-8-17-13/h7,9-10,13-14,17H,2-6,8,11H2,1H3. The second-order valence-electron chi connectivity index (χ2n) is 6.45. The summed E-state index contributed by atoms with van der Waals surface area (Å²) in [5.74, 6) is 0.899. The highest BCUT2D eigenvalue weighted by atomic mass is 15.4. The van der Waals surface area contributed by atoms with E-state index < -0.39 is 0 Å². The molecule has 1 aliphatic heterocycles. The van der Waals surface area contributed by atoms with E-state index in [0.29, 0.717) is 12.1 Å². The highest BCUT2D eigenvalue weighted by molar-refractivity contribution is 5.47. The van der Waals surface area contributed by atoms with Gasteiger partial charge in [0.25, 0.3) is 0 Å². The van der Waals surface area contributed by atoms with Gasteiger partial charge in [-0.2, -0.15) is 4.98 Å². The molecular weight excluding hydrogens is 262 g/mol. The molecule has 0 amide bonds. The fraction of sp³-hybridized carbons (Fsp3) is 0.625. The van der Waals surface area contributed by atoms with Gasteiger partial charge in [-0.3, -0.25) is 0 Å². The highest BCUT2D eigenvalue weighted by Gasteiger charge is 2.33. The van der Waals surface area contributed by atoms with E-state index in [1.54, 1.807) is 0 Å². The number of anilines is 1. The predicted octanol–water partition coefficient (Wildman–Crippen LogP) is 2.15. The molecule has 5 heteroatoms. The first-order valence-electron chi connectivity index (χ1n) is 8.13. The molecule has 4 rings (SSSR count). The predicted molar refractivity (Wildman–Crippen MR) is 83.7 cm³/mol. The van der Waals surface area contributed by atoms with E-state index in [9.17, 15) is 0 Å². The monoisotopic (exact) mass is 285 g/mol. The van der Waals surface area contributed by atoms with Gasteiger partial charge in [0.1, 0.15) is 0 Å². The van der Waals surface area contributed by atoms with Crippen LogP contribution in [0.4, 0.5) is 5.95 Å². The van der Waals surface area contributed by atoms with Gasteiger partial charge >= 0.3 is 0 Å². The van der Waals surface area contributed by atoms with Crippen molar-refractivity contribution in [3.05, 3.63) is 23.9 Å². The zero-order valence-corrected chi connectivity index (χ0v) is 12.6. The Morgan fingerprint density at radius 2 is 2.24 bits per heavy atom. The molecule has 2 aromatic rings. The Balaban J connectivity index is 1.59. The van der Waals surface area contributed by atoms with E-state index in [-0.39, 0.29) is 0 Å². The molecule has 1 atom stereocenters. The number of hydrogen-bond donors (Lipinski definition) is 1. The van der Waals surface area contributed by atoms with Gasteiger partial charge in [0, 0.05) is 24.8 Å². The maximum absolute atomic E-state index is 4.75. The first-order chi connectivity index (χ1) is 10.3. The Morgan fingerprint density at radius 3 is 3.00 bits per heavy atom. The van der Waals surface area contributed by atoms with Crippen LogP contribution in [-0.2, 0) is 0 Å². The van der Waals surface area contributed by atoms with Crippen molar-refractivity contribution in [2.45, 2.75) is 51.1 Å². The van der Waals surface area contributed by atoms with E-state index in [4.69, 9.17) is 4.98 Å². The smallest absolute Gasteiger partial charge is 0.245 e.